The Morgan fingerprint density at radius 1 is 1.32 bits per heavy atom. The molecule has 1 aromatic carbocycles. The van der Waals surface area contributed by atoms with Gasteiger partial charge in [0.2, 0.25) is 11.8 Å². The molecule has 0 aliphatic heterocycles. The Balaban J connectivity index is 1.57. The zero-order valence-corrected chi connectivity index (χ0v) is 17.3. The number of nitrogens with one attached hydrogen (secondary N) is 1. The summed E-state index contributed by atoms with van der Waals surface area (Å²) in [5, 5.41) is 11.6. The average molecular weight is 439 g/mol. The molecule has 2 aromatic heterocycles. The van der Waals surface area contributed by atoms with E-state index in [1.54, 1.807) is 32.0 Å². The topological polar surface area (TPSA) is 107 Å². The van der Waals surface area contributed by atoms with E-state index in [0.29, 0.717) is 26.3 Å². The zero-order valence-electron chi connectivity index (χ0n) is 14.9. The lowest BCUT2D eigenvalue weighted by Crippen LogP contribution is -2.13. The SMILES string of the molecule is CCOC(=O)c1sc(NC(=O)CSc2nnc(-c3ccccc3Cl)o2)nc1C. The summed E-state index contributed by atoms with van der Waals surface area (Å²) < 4.78 is 10.5. The van der Waals surface area contributed by atoms with Gasteiger partial charge in [-0.05, 0) is 26.0 Å². The fourth-order valence-electron chi connectivity index (χ4n) is 2.13. The number of hydrogen-bond donors (Lipinski definition) is 1. The van der Waals surface area contributed by atoms with E-state index in [1.165, 1.54) is 0 Å². The largest absolute Gasteiger partial charge is 0.462 e. The molecule has 28 heavy (non-hydrogen) atoms. The average Bonchev–Trinajstić information content (AvgIpc) is 3.27. The quantitative estimate of drug-likeness (QED) is 0.434. The number of hydrogen-bond acceptors (Lipinski definition) is 9. The minimum atomic E-state index is -0.453. The van der Waals surface area contributed by atoms with Gasteiger partial charge in [-0.3, -0.25) is 4.79 Å². The van der Waals surface area contributed by atoms with E-state index < -0.39 is 5.97 Å². The van der Waals surface area contributed by atoms with Crippen molar-refractivity contribution in [2.75, 3.05) is 17.7 Å². The molecule has 0 saturated carbocycles. The van der Waals surface area contributed by atoms with Crippen LogP contribution in [-0.2, 0) is 9.53 Å². The lowest BCUT2D eigenvalue weighted by Gasteiger charge is -1.99. The van der Waals surface area contributed by atoms with Crippen molar-refractivity contribution in [1.29, 1.82) is 0 Å². The number of halogens is 1. The summed E-state index contributed by atoms with van der Waals surface area (Å²) in [6.45, 7) is 3.68. The molecule has 0 radical (unpaired) electrons. The summed E-state index contributed by atoms with van der Waals surface area (Å²) in [6, 6.07) is 7.10. The molecule has 8 nitrogen and oxygen atoms in total. The molecule has 0 unspecified atom stereocenters. The lowest BCUT2D eigenvalue weighted by molar-refractivity contribution is -0.113. The highest BCUT2D eigenvalue weighted by Crippen LogP contribution is 2.29. The molecule has 0 bridgehead atoms. The molecule has 1 N–H and O–H groups in total. The highest BCUT2D eigenvalue weighted by Gasteiger charge is 2.18. The molecule has 0 aliphatic rings. The van der Waals surface area contributed by atoms with Crippen molar-refractivity contribution in [2.24, 2.45) is 0 Å². The summed E-state index contributed by atoms with van der Waals surface area (Å²) in [4.78, 5) is 28.5. The van der Waals surface area contributed by atoms with Crippen molar-refractivity contribution in [2.45, 2.75) is 19.1 Å². The van der Waals surface area contributed by atoms with E-state index >= 15 is 0 Å². The van der Waals surface area contributed by atoms with Crippen LogP contribution in [0, 0.1) is 6.92 Å². The van der Waals surface area contributed by atoms with Crippen LogP contribution in [0.25, 0.3) is 11.5 Å². The van der Waals surface area contributed by atoms with Gasteiger partial charge in [-0.25, -0.2) is 9.78 Å². The molecule has 3 rings (SSSR count). The van der Waals surface area contributed by atoms with Crippen LogP contribution in [0.5, 0.6) is 0 Å². The fourth-order valence-corrected chi connectivity index (χ4v) is 3.79. The Morgan fingerprint density at radius 2 is 2.11 bits per heavy atom. The first-order chi connectivity index (χ1) is 13.5. The lowest BCUT2D eigenvalue weighted by atomic mass is 10.2. The number of aryl methyl sites for hydroxylation is 1. The van der Waals surface area contributed by atoms with Crippen LogP contribution < -0.4 is 5.32 Å². The molecular formula is C17H15ClN4O4S2. The molecule has 3 aromatic rings. The summed E-state index contributed by atoms with van der Waals surface area (Å²) in [5.41, 5.74) is 1.13. The van der Waals surface area contributed by atoms with Crippen molar-refractivity contribution in [3.05, 3.63) is 39.9 Å². The number of nitrogens with zero attached hydrogens (tertiary/aromatic N) is 3. The van der Waals surface area contributed by atoms with Crippen LogP contribution in [0.15, 0.2) is 33.9 Å². The van der Waals surface area contributed by atoms with Crippen LogP contribution in [0.3, 0.4) is 0 Å². The molecule has 0 atom stereocenters. The summed E-state index contributed by atoms with van der Waals surface area (Å²) >= 11 is 8.26. The smallest absolute Gasteiger partial charge is 0.350 e. The third-order valence-corrected chi connectivity index (χ3v) is 5.54. The first-order valence-corrected chi connectivity index (χ1v) is 10.3. The van der Waals surface area contributed by atoms with Gasteiger partial charge in [0.25, 0.3) is 5.22 Å². The van der Waals surface area contributed by atoms with Gasteiger partial charge in [0.05, 0.1) is 28.6 Å². The third kappa shape index (κ3) is 4.89. The minimum Gasteiger partial charge on any atom is -0.462 e. The maximum atomic E-state index is 12.1. The van der Waals surface area contributed by atoms with Crippen molar-refractivity contribution >= 4 is 51.7 Å². The fraction of sp³-hybridized carbons (Fsp3) is 0.235. The summed E-state index contributed by atoms with van der Waals surface area (Å²) in [7, 11) is 0. The Kier molecular flexibility index (Phi) is 6.65. The van der Waals surface area contributed by atoms with Crippen LogP contribution >= 0.6 is 34.7 Å². The number of carbonyl (C=O) groups is 2. The number of benzene rings is 1. The zero-order chi connectivity index (χ0) is 20.1. The molecule has 146 valence electrons. The third-order valence-electron chi connectivity index (χ3n) is 3.34. The molecule has 11 heteroatoms. The number of carbonyl (C=O) groups excluding carboxylic acids is 2. The standard InChI is InChI=1S/C17H15ClN4O4S2/c1-3-25-15(24)13-9(2)19-16(28-13)20-12(23)8-27-17-22-21-14(26-17)10-6-4-5-7-11(10)18/h4-7H,3,8H2,1-2H3,(H,19,20,23). The molecule has 0 saturated heterocycles. The van der Waals surface area contributed by atoms with Crippen LogP contribution in [-0.4, -0.2) is 39.4 Å². The number of ether oxygens (including phenoxy) is 1. The second-order valence-electron chi connectivity index (χ2n) is 5.34. The first-order valence-electron chi connectivity index (χ1n) is 8.13. The van der Waals surface area contributed by atoms with Gasteiger partial charge >= 0.3 is 5.97 Å². The molecule has 2 heterocycles. The van der Waals surface area contributed by atoms with Crippen LogP contribution in [0.2, 0.25) is 5.02 Å². The number of rotatable bonds is 7. The van der Waals surface area contributed by atoms with E-state index in [2.05, 4.69) is 20.5 Å². The molecule has 1 amide bonds. The number of anilines is 1. The Morgan fingerprint density at radius 3 is 2.86 bits per heavy atom. The van der Waals surface area contributed by atoms with Gasteiger partial charge in [-0.2, -0.15) is 0 Å². The molecule has 0 fully saturated rings. The molecule has 0 aliphatic carbocycles. The van der Waals surface area contributed by atoms with Gasteiger partial charge in [0.15, 0.2) is 5.13 Å². The van der Waals surface area contributed by atoms with Gasteiger partial charge in [0.1, 0.15) is 4.88 Å². The van der Waals surface area contributed by atoms with E-state index in [-0.39, 0.29) is 29.4 Å². The number of thioether (sulfide) groups is 1. The van der Waals surface area contributed by atoms with Gasteiger partial charge in [-0.15, -0.1) is 10.2 Å². The number of esters is 1. The van der Waals surface area contributed by atoms with Crippen molar-refractivity contribution in [1.82, 2.24) is 15.2 Å². The number of aromatic nitrogens is 3. The van der Waals surface area contributed by atoms with Crippen LogP contribution in [0.1, 0.15) is 22.3 Å². The first kappa shape index (κ1) is 20.3. The highest BCUT2D eigenvalue weighted by atomic mass is 35.5. The Hall–Kier alpha value is -2.43. The van der Waals surface area contributed by atoms with E-state index in [1.807, 2.05) is 6.07 Å². The van der Waals surface area contributed by atoms with Gasteiger partial charge < -0.3 is 14.5 Å². The van der Waals surface area contributed by atoms with Crippen molar-refractivity contribution in [3.63, 3.8) is 0 Å². The normalized spacial score (nSPS) is 10.7. The van der Waals surface area contributed by atoms with Crippen molar-refractivity contribution < 1.29 is 18.7 Å². The maximum absolute atomic E-state index is 12.1. The van der Waals surface area contributed by atoms with E-state index in [4.69, 9.17) is 20.8 Å². The number of amides is 1. The van der Waals surface area contributed by atoms with Crippen molar-refractivity contribution in [3.8, 4) is 11.5 Å². The molecule has 0 spiro atoms. The van der Waals surface area contributed by atoms with Gasteiger partial charge in [-0.1, -0.05) is 46.8 Å². The highest BCUT2D eigenvalue weighted by molar-refractivity contribution is 7.99. The Bertz CT molecular complexity index is 1000. The summed E-state index contributed by atoms with van der Waals surface area (Å²) in [6.07, 6.45) is 0. The predicted molar refractivity (Wildman–Crippen MR) is 107 cm³/mol. The van der Waals surface area contributed by atoms with Gasteiger partial charge in [0, 0.05) is 0 Å². The van der Waals surface area contributed by atoms with E-state index in [9.17, 15) is 9.59 Å². The van der Waals surface area contributed by atoms with E-state index in [0.717, 1.165) is 23.1 Å². The molecular weight excluding hydrogens is 424 g/mol. The van der Waals surface area contributed by atoms with Crippen LogP contribution in [0.4, 0.5) is 5.13 Å². The number of thiazole rings is 1. The second-order valence-corrected chi connectivity index (χ2v) is 7.68. The summed E-state index contributed by atoms with van der Waals surface area (Å²) in [5.74, 6) is -0.447. The Labute approximate surface area is 173 Å². The maximum Gasteiger partial charge on any atom is 0.350 e. The predicted octanol–water partition coefficient (Wildman–Crippen LogP) is 4.06. The minimum absolute atomic E-state index is 0.0392. The second kappa shape index (κ2) is 9.18. The monoisotopic (exact) mass is 438 g/mol.